The number of carbonyl (C=O) groups is 1. The Bertz CT molecular complexity index is 700. The van der Waals surface area contributed by atoms with Crippen molar-refractivity contribution in [3.8, 4) is 6.01 Å². The number of likely N-dealkylation sites (N-methyl/N-ethyl adjacent to an activating group) is 1. The van der Waals surface area contributed by atoms with E-state index in [9.17, 15) is 9.90 Å². The largest absolute Gasteiger partial charge is 0.465 e. The van der Waals surface area contributed by atoms with Gasteiger partial charge >= 0.3 is 12.1 Å². The number of nitrogens with one attached hydrogen (secondary N) is 2. The summed E-state index contributed by atoms with van der Waals surface area (Å²) in [5.41, 5.74) is 2.79. The summed E-state index contributed by atoms with van der Waals surface area (Å²) < 4.78 is 5.98. The Balaban J connectivity index is 1.61. The van der Waals surface area contributed by atoms with E-state index >= 15 is 0 Å². The number of hydrogen-bond donors (Lipinski definition) is 3. The van der Waals surface area contributed by atoms with Gasteiger partial charge in [-0.2, -0.15) is 9.97 Å². The number of piperazine rings is 1. The first-order valence-corrected chi connectivity index (χ1v) is 9.77. The first-order valence-electron chi connectivity index (χ1n) is 9.77. The lowest BCUT2D eigenvalue weighted by atomic mass is 9.98. The molecule has 148 valence electrons. The SMILES string of the molecule is CN1CCCC1COc1nc2c(c(C3CNCCN3C(=O)O)n1)CCNC2. The van der Waals surface area contributed by atoms with Crippen LogP contribution in [0.3, 0.4) is 0 Å². The van der Waals surface area contributed by atoms with Crippen LogP contribution in [0.15, 0.2) is 0 Å². The van der Waals surface area contributed by atoms with Gasteiger partial charge in [0.15, 0.2) is 0 Å². The monoisotopic (exact) mass is 376 g/mol. The molecule has 1 aromatic heterocycles. The standard InChI is InChI=1S/C18H28N6O3/c1-23-7-2-3-12(23)11-27-17-21-14-9-19-5-4-13(14)16(22-17)15-10-20-6-8-24(15)18(25)26/h12,15,19-20H,2-11H2,1H3,(H,25,26). The lowest BCUT2D eigenvalue weighted by Gasteiger charge is -2.35. The van der Waals surface area contributed by atoms with Crippen LogP contribution in [0.1, 0.15) is 35.8 Å². The van der Waals surface area contributed by atoms with Crippen molar-refractivity contribution in [3.63, 3.8) is 0 Å². The third-order valence-corrected chi connectivity index (χ3v) is 5.83. The molecule has 3 aliphatic heterocycles. The van der Waals surface area contributed by atoms with Gasteiger partial charge in [-0.05, 0) is 39.4 Å². The van der Waals surface area contributed by atoms with Crippen molar-refractivity contribution in [1.82, 2.24) is 30.4 Å². The molecular formula is C18H28N6O3. The fourth-order valence-electron chi connectivity index (χ4n) is 4.24. The van der Waals surface area contributed by atoms with E-state index in [0.29, 0.717) is 44.8 Å². The maximum absolute atomic E-state index is 11.7. The van der Waals surface area contributed by atoms with Gasteiger partial charge in [-0.3, -0.25) is 4.90 Å². The second kappa shape index (κ2) is 7.95. The average Bonchev–Trinajstić information content (AvgIpc) is 3.10. The topological polar surface area (TPSA) is 103 Å². The van der Waals surface area contributed by atoms with E-state index in [1.54, 1.807) is 0 Å². The maximum atomic E-state index is 11.7. The van der Waals surface area contributed by atoms with Gasteiger partial charge < -0.3 is 25.4 Å². The van der Waals surface area contributed by atoms with Gasteiger partial charge in [0, 0.05) is 37.8 Å². The Morgan fingerprint density at radius 1 is 1.30 bits per heavy atom. The number of fused-ring (bicyclic) bond motifs is 1. The van der Waals surface area contributed by atoms with Crippen LogP contribution in [-0.4, -0.2) is 83.4 Å². The van der Waals surface area contributed by atoms with Gasteiger partial charge in [0.25, 0.3) is 0 Å². The fourth-order valence-corrected chi connectivity index (χ4v) is 4.24. The Morgan fingerprint density at radius 2 is 2.19 bits per heavy atom. The van der Waals surface area contributed by atoms with Crippen LogP contribution in [0.2, 0.25) is 0 Å². The summed E-state index contributed by atoms with van der Waals surface area (Å²) in [7, 11) is 2.11. The summed E-state index contributed by atoms with van der Waals surface area (Å²) in [6.07, 6.45) is 2.21. The van der Waals surface area contributed by atoms with Gasteiger partial charge in [-0.15, -0.1) is 0 Å². The van der Waals surface area contributed by atoms with E-state index in [2.05, 4.69) is 27.6 Å². The smallest absolute Gasteiger partial charge is 0.407 e. The summed E-state index contributed by atoms with van der Waals surface area (Å²) in [5.74, 6) is 0. The minimum Gasteiger partial charge on any atom is -0.465 e. The van der Waals surface area contributed by atoms with E-state index in [-0.39, 0.29) is 6.04 Å². The lowest BCUT2D eigenvalue weighted by molar-refractivity contribution is 0.110. The van der Waals surface area contributed by atoms with Crippen LogP contribution in [0, 0.1) is 0 Å². The molecule has 4 rings (SSSR count). The molecule has 4 heterocycles. The highest BCUT2D eigenvalue weighted by atomic mass is 16.5. The van der Waals surface area contributed by atoms with E-state index in [4.69, 9.17) is 9.72 Å². The van der Waals surface area contributed by atoms with Crippen molar-refractivity contribution in [2.75, 3.05) is 46.4 Å². The number of carboxylic acid groups (broad SMARTS) is 1. The molecule has 2 unspecified atom stereocenters. The summed E-state index contributed by atoms with van der Waals surface area (Å²) in [6.45, 7) is 4.85. The Kier molecular flexibility index (Phi) is 5.42. The molecule has 3 N–H and O–H groups in total. The zero-order chi connectivity index (χ0) is 18.8. The Labute approximate surface area is 159 Å². The first kappa shape index (κ1) is 18.4. The first-order chi connectivity index (χ1) is 13.1. The molecule has 0 spiro atoms. The lowest BCUT2D eigenvalue weighted by Crippen LogP contribution is -2.49. The highest BCUT2D eigenvalue weighted by Crippen LogP contribution is 2.29. The predicted molar refractivity (Wildman–Crippen MR) is 98.9 cm³/mol. The maximum Gasteiger partial charge on any atom is 0.407 e. The van der Waals surface area contributed by atoms with Crippen molar-refractivity contribution in [3.05, 3.63) is 17.0 Å². The minimum absolute atomic E-state index is 0.303. The Hall–Kier alpha value is -1.97. The molecule has 1 amide bonds. The van der Waals surface area contributed by atoms with E-state index in [1.807, 2.05) is 0 Å². The quantitative estimate of drug-likeness (QED) is 0.686. The van der Waals surface area contributed by atoms with Crippen LogP contribution in [0.4, 0.5) is 4.79 Å². The molecule has 1 aromatic rings. The van der Waals surface area contributed by atoms with Gasteiger partial charge in [0.2, 0.25) is 0 Å². The van der Waals surface area contributed by atoms with Gasteiger partial charge in [-0.25, -0.2) is 4.79 Å². The molecule has 9 heteroatoms. The van der Waals surface area contributed by atoms with Crippen LogP contribution in [0.25, 0.3) is 0 Å². The second-order valence-corrected chi connectivity index (χ2v) is 7.53. The number of aromatic nitrogens is 2. The summed E-state index contributed by atoms with van der Waals surface area (Å²) in [5, 5.41) is 16.3. The number of nitrogens with zero attached hydrogens (tertiary/aromatic N) is 4. The van der Waals surface area contributed by atoms with Crippen LogP contribution >= 0.6 is 0 Å². The van der Waals surface area contributed by atoms with E-state index in [0.717, 1.165) is 42.9 Å². The van der Waals surface area contributed by atoms with Crippen LogP contribution in [0.5, 0.6) is 6.01 Å². The third kappa shape index (κ3) is 3.85. The minimum atomic E-state index is -0.905. The van der Waals surface area contributed by atoms with Gasteiger partial charge in [0.05, 0.1) is 17.4 Å². The molecule has 2 fully saturated rings. The van der Waals surface area contributed by atoms with Crippen LogP contribution in [-0.2, 0) is 13.0 Å². The molecule has 0 radical (unpaired) electrons. The zero-order valence-corrected chi connectivity index (χ0v) is 15.8. The van der Waals surface area contributed by atoms with E-state index < -0.39 is 6.09 Å². The molecule has 9 nitrogen and oxygen atoms in total. The van der Waals surface area contributed by atoms with Crippen molar-refractivity contribution in [2.45, 2.75) is 37.9 Å². The molecule has 2 saturated heterocycles. The Morgan fingerprint density at radius 3 is 2.96 bits per heavy atom. The van der Waals surface area contributed by atoms with Gasteiger partial charge in [0.1, 0.15) is 6.61 Å². The highest BCUT2D eigenvalue weighted by molar-refractivity contribution is 5.66. The number of likely N-dealkylation sites (tertiary alicyclic amines) is 1. The van der Waals surface area contributed by atoms with Crippen molar-refractivity contribution >= 4 is 6.09 Å². The molecule has 2 atom stereocenters. The average molecular weight is 376 g/mol. The van der Waals surface area contributed by atoms with Gasteiger partial charge in [-0.1, -0.05) is 0 Å². The normalized spacial score (nSPS) is 26.0. The molecule has 0 bridgehead atoms. The molecule has 0 aromatic carbocycles. The number of hydrogen-bond acceptors (Lipinski definition) is 7. The highest BCUT2D eigenvalue weighted by Gasteiger charge is 2.33. The number of amides is 1. The molecule has 0 saturated carbocycles. The molecule has 27 heavy (non-hydrogen) atoms. The number of ether oxygens (including phenoxy) is 1. The zero-order valence-electron chi connectivity index (χ0n) is 15.8. The molecule has 3 aliphatic rings. The van der Waals surface area contributed by atoms with Crippen molar-refractivity contribution in [1.29, 1.82) is 0 Å². The predicted octanol–water partition coefficient (Wildman–Crippen LogP) is 0.220. The van der Waals surface area contributed by atoms with E-state index in [1.165, 1.54) is 11.3 Å². The summed E-state index contributed by atoms with van der Waals surface area (Å²) in [4.78, 5) is 24.8. The van der Waals surface area contributed by atoms with Crippen molar-refractivity contribution in [2.24, 2.45) is 0 Å². The van der Waals surface area contributed by atoms with Crippen molar-refractivity contribution < 1.29 is 14.6 Å². The summed E-state index contributed by atoms with van der Waals surface area (Å²) in [6, 6.07) is 0.448. The molecular weight excluding hydrogens is 348 g/mol. The fraction of sp³-hybridized carbons (Fsp3) is 0.722. The molecule has 0 aliphatic carbocycles. The third-order valence-electron chi connectivity index (χ3n) is 5.83. The van der Waals surface area contributed by atoms with Crippen LogP contribution < -0.4 is 15.4 Å². The number of rotatable bonds is 4. The summed E-state index contributed by atoms with van der Waals surface area (Å²) >= 11 is 0. The second-order valence-electron chi connectivity index (χ2n) is 7.53.